The van der Waals surface area contributed by atoms with E-state index in [0.29, 0.717) is 39.5 Å². The van der Waals surface area contributed by atoms with Gasteiger partial charge in [0.15, 0.2) is 0 Å². The molecule has 0 aliphatic carbocycles. The normalized spacial score (nSPS) is 12.1. The highest BCUT2D eigenvalue weighted by molar-refractivity contribution is 6.03. The third-order valence-corrected chi connectivity index (χ3v) is 6.03. The number of hydrogen-bond donors (Lipinski definition) is 1. The molecule has 0 saturated carbocycles. The SMILES string of the molecule is COc1cccc([C@@H](C(=O)NC(C)(C)C)N(C(=O)Cn2nnc3ccccc32)c2cc(OC)ccc2OC)c1. The Balaban J connectivity index is 1.92. The lowest BCUT2D eigenvalue weighted by Gasteiger charge is -2.34. The molecule has 39 heavy (non-hydrogen) atoms. The van der Waals surface area contributed by atoms with Crippen molar-refractivity contribution in [3.63, 3.8) is 0 Å². The molecule has 1 N–H and O–H groups in total. The standard InChI is InChI=1S/C29H33N5O5/c1-29(2,3)30-28(36)27(19-10-9-11-20(16-19)37-4)34(24-17-21(38-5)14-15-25(24)39-6)26(35)18-33-23-13-8-7-12-22(23)31-32-33/h7-17,27H,18H2,1-6H3,(H,30,36)/t27-/m0/s1. The van der Waals surface area contributed by atoms with Crippen LogP contribution in [0, 0.1) is 0 Å². The number of ether oxygens (including phenoxy) is 3. The van der Waals surface area contributed by atoms with E-state index >= 15 is 0 Å². The first-order valence-electron chi connectivity index (χ1n) is 12.4. The van der Waals surface area contributed by atoms with E-state index in [2.05, 4.69) is 15.6 Å². The molecule has 1 aromatic heterocycles. The van der Waals surface area contributed by atoms with Crippen LogP contribution < -0.4 is 24.4 Å². The average molecular weight is 532 g/mol. The fourth-order valence-electron chi connectivity index (χ4n) is 4.31. The molecule has 0 bridgehead atoms. The number of carbonyl (C=O) groups excluding carboxylic acids is 2. The summed E-state index contributed by atoms with van der Waals surface area (Å²) in [6, 6.07) is 18.5. The van der Waals surface area contributed by atoms with Crippen LogP contribution in [0.3, 0.4) is 0 Å². The van der Waals surface area contributed by atoms with Crippen molar-refractivity contribution in [1.82, 2.24) is 20.3 Å². The van der Waals surface area contributed by atoms with E-state index < -0.39 is 17.5 Å². The summed E-state index contributed by atoms with van der Waals surface area (Å²) in [5, 5.41) is 11.4. The maximum absolute atomic E-state index is 14.3. The molecular formula is C29H33N5O5. The lowest BCUT2D eigenvalue weighted by Crippen LogP contribution is -2.50. The fourth-order valence-corrected chi connectivity index (χ4v) is 4.31. The molecule has 10 nitrogen and oxygen atoms in total. The van der Waals surface area contributed by atoms with Gasteiger partial charge in [-0.25, -0.2) is 4.68 Å². The fraction of sp³-hybridized carbons (Fsp3) is 0.310. The van der Waals surface area contributed by atoms with Gasteiger partial charge < -0.3 is 19.5 Å². The van der Waals surface area contributed by atoms with E-state index in [1.165, 1.54) is 23.8 Å². The summed E-state index contributed by atoms with van der Waals surface area (Å²) in [5.41, 5.74) is 1.70. The Kier molecular flexibility index (Phi) is 8.04. The van der Waals surface area contributed by atoms with Gasteiger partial charge in [0.2, 0.25) is 11.8 Å². The number of nitrogens with zero attached hydrogens (tertiary/aromatic N) is 4. The summed E-state index contributed by atoms with van der Waals surface area (Å²) < 4.78 is 18.1. The second-order valence-electron chi connectivity index (χ2n) is 9.96. The molecule has 1 atom stereocenters. The highest BCUT2D eigenvalue weighted by atomic mass is 16.5. The number of carbonyl (C=O) groups is 2. The van der Waals surface area contributed by atoms with Gasteiger partial charge in [-0.05, 0) is 62.7 Å². The van der Waals surface area contributed by atoms with Gasteiger partial charge in [-0.1, -0.05) is 29.5 Å². The minimum atomic E-state index is -1.08. The van der Waals surface area contributed by atoms with Gasteiger partial charge in [-0.15, -0.1) is 5.10 Å². The Morgan fingerprint density at radius 1 is 0.923 bits per heavy atom. The van der Waals surface area contributed by atoms with Gasteiger partial charge in [0.25, 0.3) is 0 Å². The van der Waals surface area contributed by atoms with Crippen molar-refractivity contribution in [2.45, 2.75) is 38.9 Å². The van der Waals surface area contributed by atoms with Crippen LogP contribution in [-0.2, 0) is 16.1 Å². The number of fused-ring (bicyclic) bond motifs is 1. The van der Waals surface area contributed by atoms with Gasteiger partial charge in [-0.2, -0.15) is 0 Å². The van der Waals surface area contributed by atoms with Crippen molar-refractivity contribution in [1.29, 1.82) is 0 Å². The molecule has 0 unspecified atom stereocenters. The Morgan fingerprint density at radius 3 is 2.33 bits per heavy atom. The highest BCUT2D eigenvalue weighted by Crippen LogP contribution is 2.38. The monoisotopic (exact) mass is 531 g/mol. The summed E-state index contributed by atoms with van der Waals surface area (Å²) in [6.45, 7) is 5.47. The molecule has 4 rings (SSSR count). The highest BCUT2D eigenvalue weighted by Gasteiger charge is 2.36. The summed E-state index contributed by atoms with van der Waals surface area (Å²) in [7, 11) is 4.59. The molecule has 0 aliphatic rings. The first-order valence-corrected chi connectivity index (χ1v) is 12.4. The minimum Gasteiger partial charge on any atom is -0.497 e. The number of anilines is 1. The van der Waals surface area contributed by atoms with Gasteiger partial charge >= 0.3 is 0 Å². The Hall–Kier alpha value is -4.60. The Bertz CT molecular complexity index is 1480. The predicted molar refractivity (Wildman–Crippen MR) is 148 cm³/mol. The van der Waals surface area contributed by atoms with E-state index in [4.69, 9.17) is 14.2 Å². The van der Waals surface area contributed by atoms with Gasteiger partial charge in [0, 0.05) is 11.6 Å². The van der Waals surface area contributed by atoms with E-state index in [9.17, 15) is 9.59 Å². The third kappa shape index (κ3) is 6.11. The number of amides is 2. The first-order chi connectivity index (χ1) is 18.6. The quantitative estimate of drug-likeness (QED) is 0.346. The first kappa shape index (κ1) is 27.4. The van der Waals surface area contributed by atoms with Gasteiger partial charge in [0.05, 0.1) is 32.5 Å². The molecule has 204 valence electrons. The molecule has 3 aromatic carbocycles. The number of nitrogens with one attached hydrogen (secondary N) is 1. The molecule has 0 spiro atoms. The summed E-state index contributed by atoms with van der Waals surface area (Å²) >= 11 is 0. The Morgan fingerprint density at radius 2 is 1.64 bits per heavy atom. The number of aromatic nitrogens is 3. The van der Waals surface area contributed by atoms with Crippen LogP contribution in [0.2, 0.25) is 0 Å². The predicted octanol–water partition coefficient (Wildman–Crippen LogP) is 4.15. The minimum absolute atomic E-state index is 0.176. The molecule has 0 fully saturated rings. The number of benzene rings is 3. The van der Waals surface area contributed by atoms with Crippen LogP contribution in [0.4, 0.5) is 5.69 Å². The molecule has 0 aliphatic heterocycles. The van der Waals surface area contributed by atoms with Gasteiger partial charge in [0.1, 0.15) is 35.4 Å². The van der Waals surface area contributed by atoms with E-state index in [1.54, 1.807) is 49.6 Å². The topological polar surface area (TPSA) is 108 Å². The lowest BCUT2D eigenvalue weighted by molar-refractivity contribution is -0.128. The van der Waals surface area contributed by atoms with Crippen molar-refractivity contribution in [2.24, 2.45) is 0 Å². The number of rotatable bonds is 9. The molecule has 2 amide bonds. The molecule has 4 aromatic rings. The van der Waals surface area contributed by atoms with Crippen LogP contribution in [0.25, 0.3) is 11.0 Å². The zero-order valence-corrected chi connectivity index (χ0v) is 23.0. The van der Waals surface area contributed by atoms with Crippen molar-refractivity contribution < 1.29 is 23.8 Å². The maximum Gasteiger partial charge on any atom is 0.249 e. The number of methoxy groups -OCH3 is 3. The summed E-state index contributed by atoms with van der Waals surface area (Å²) in [4.78, 5) is 29.7. The smallest absolute Gasteiger partial charge is 0.249 e. The van der Waals surface area contributed by atoms with Gasteiger partial charge in [-0.3, -0.25) is 14.5 Å². The third-order valence-electron chi connectivity index (χ3n) is 6.03. The van der Waals surface area contributed by atoms with E-state index in [0.717, 1.165) is 0 Å². The average Bonchev–Trinajstić information content (AvgIpc) is 3.32. The number of para-hydroxylation sites is 1. The van der Waals surface area contributed by atoms with Crippen LogP contribution in [0.5, 0.6) is 17.2 Å². The molecule has 1 heterocycles. The lowest BCUT2D eigenvalue weighted by atomic mass is 10.00. The second kappa shape index (κ2) is 11.4. The largest absolute Gasteiger partial charge is 0.497 e. The second-order valence-corrected chi connectivity index (χ2v) is 9.96. The van der Waals surface area contributed by atoms with Crippen molar-refractivity contribution in [3.05, 3.63) is 72.3 Å². The van der Waals surface area contributed by atoms with E-state index in [-0.39, 0.29) is 12.5 Å². The van der Waals surface area contributed by atoms with Crippen LogP contribution in [0.1, 0.15) is 32.4 Å². The number of hydrogen-bond acceptors (Lipinski definition) is 7. The molecule has 10 heteroatoms. The van der Waals surface area contributed by atoms with Crippen molar-refractivity contribution in [3.8, 4) is 17.2 Å². The molecular weight excluding hydrogens is 498 g/mol. The van der Waals surface area contributed by atoms with Crippen molar-refractivity contribution >= 4 is 28.5 Å². The van der Waals surface area contributed by atoms with Crippen LogP contribution in [0.15, 0.2) is 66.7 Å². The zero-order valence-electron chi connectivity index (χ0n) is 23.0. The Labute approximate surface area is 227 Å². The van der Waals surface area contributed by atoms with Crippen LogP contribution >= 0.6 is 0 Å². The maximum atomic E-state index is 14.3. The van der Waals surface area contributed by atoms with Crippen LogP contribution in [-0.4, -0.2) is 53.7 Å². The molecule has 0 radical (unpaired) electrons. The van der Waals surface area contributed by atoms with E-state index in [1.807, 2.05) is 45.0 Å². The summed E-state index contributed by atoms with van der Waals surface area (Å²) in [5.74, 6) is 0.652. The summed E-state index contributed by atoms with van der Waals surface area (Å²) in [6.07, 6.45) is 0. The zero-order chi connectivity index (χ0) is 28.2. The van der Waals surface area contributed by atoms with Crippen molar-refractivity contribution in [2.75, 3.05) is 26.2 Å². The molecule has 0 saturated heterocycles.